The zero-order valence-electron chi connectivity index (χ0n) is 13.7. The molecule has 118 valence electrons. The second-order valence-corrected chi connectivity index (χ2v) is 7.01. The number of hydrogen-bond donors (Lipinski definition) is 1. The lowest BCUT2D eigenvalue weighted by molar-refractivity contribution is -0.131. The van der Waals surface area contributed by atoms with Crippen LogP contribution in [-0.4, -0.2) is 30.9 Å². The van der Waals surface area contributed by atoms with E-state index in [9.17, 15) is 4.79 Å². The molecule has 2 unspecified atom stereocenters. The van der Waals surface area contributed by atoms with Crippen LogP contribution in [0, 0.1) is 5.92 Å². The second kappa shape index (κ2) is 8.54. The van der Waals surface area contributed by atoms with E-state index in [2.05, 4.69) is 54.2 Å². The molecule has 4 heteroatoms. The first-order chi connectivity index (χ1) is 9.85. The smallest absolute Gasteiger partial charge is 0.239 e. The number of carbonyl (C=O) groups is 1. The van der Waals surface area contributed by atoms with Crippen LogP contribution in [0.4, 0.5) is 0 Å². The Kier molecular flexibility index (Phi) is 7.40. The van der Waals surface area contributed by atoms with Gasteiger partial charge < -0.3 is 4.90 Å². The molecule has 0 saturated heterocycles. The predicted octanol–water partition coefficient (Wildman–Crippen LogP) is 3.99. The van der Waals surface area contributed by atoms with E-state index in [1.165, 1.54) is 5.56 Å². The monoisotopic (exact) mass is 354 g/mol. The van der Waals surface area contributed by atoms with E-state index in [1.54, 1.807) is 4.90 Å². The Morgan fingerprint density at radius 2 is 2.00 bits per heavy atom. The van der Waals surface area contributed by atoms with Gasteiger partial charge in [0.1, 0.15) is 0 Å². The number of benzene rings is 1. The maximum Gasteiger partial charge on any atom is 0.239 e. The van der Waals surface area contributed by atoms with Crippen LogP contribution in [0.15, 0.2) is 28.7 Å². The van der Waals surface area contributed by atoms with Gasteiger partial charge in [-0.2, -0.15) is 0 Å². The molecule has 1 N–H and O–H groups in total. The van der Waals surface area contributed by atoms with Gasteiger partial charge in [0.15, 0.2) is 0 Å². The molecular formula is C17H27BrN2O. The summed E-state index contributed by atoms with van der Waals surface area (Å²) in [5.41, 5.74) is 1.21. The molecule has 1 rings (SSSR count). The van der Waals surface area contributed by atoms with E-state index in [0.29, 0.717) is 5.92 Å². The molecule has 0 spiro atoms. The Morgan fingerprint density at radius 3 is 2.48 bits per heavy atom. The van der Waals surface area contributed by atoms with Crippen molar-refractivity contribution in [2.24, 2.45) is 5.92 Å². The number of nitrogens with one attached hydrogen (secondary N) is 1. The number of hydrogen-bond acceptors (Lipinski definition) is 2. The summed E-state index contributed by atoms with van der Waals surface area (Å²) in [6, 6.07) is 8.34. The molecule has 0 heterocycles. The van der Waals surface area contributed by atoms with Crippen LogP contribution in [0.5, 0.6) is 0 Å². The highest BCUT2D eigenvalue weighted by molar-refractivity contribution is 9.10. The maximum absolute atomic E-state index is 12.4. The first-order valence-electron chi connectivity index (χ1n) is 7.57. The molecule has 0 radical (unpaired) electrons. The standard InChI is InChI=1S/C17H27BrN2O/c1-6-15(13-8-7-9-14(18)11-13)19-16(10-12(2)3)17(21)20(4)5/h7-9,11-12,15-16,19H,6,10H2,1-5H3. The fourth-order valence-corrected chi connectivity index (χ4v) is 2.86. The Balaban J connectivity index is 2.90. The molecule has 0 aliphatic heterocycles. The summed E-state index contributed by atoms with van der Waals surface area (Å²) >= 11 is 3.52. The molecule has 0 aliphatic carbocycles. The van der Waals surface area contributed by atoms with E-state index in [0.717, 1.165) is 17.3 Å². The fraction of sp³-hybridized carbons (Fsp3) is 0.588. The molecular weight excluding hydrogens is 328 g/mol. The minimum absolute atomic E-state index is 0.135. The largest absolute Gasteiger partial charge is 0.347 e. The fourth-order valence-electron chi connectivity index (χ4n) is 2.44. The van der Waals surface area contributed by atoms with Crippen LogP contribution >= 0.6 is 15.9 Å². The molecule has 0 bridgehead atoms. The normalized spacial score (nSPS) is 14.0. The Bertz CT molecular complexity index is 460. The van der Waals surface area contributed by atoms with E-state index >= 15 is 0 Å². The summed E-state index contributed by atoms with van der Waals surface area (Å²) < 4.78 is 1.07. The van der Waals surface area contributed by atoms with E-state index < -0.39 is 0 Å². The quantitative estimate of drug-likeness (QED) is 0.802. The average molecular weight is 355 g/mol. The Labute approximate surface area is 137 Å². The first kappa shape index (κ1) is 18.2. The van der Waals surface area contributed by atoms with Crippen molar-refractivity contribution in [2.75, 3.05) is 14.1 Å². The van der Waals surface area contributed by atoms with Gasteiger partial charge in [-0.3, -0.25) is 10.1 Å². The maximum atomic E-state index is 12.4. The number of rotatable bonds is 7. The number of likely N-dealkylation sites (N-methyl/N-ethyl adjacent to an activating group) is 1. The van der Waals surface area contributed by atoms with Gasteiger partial charge in [-0.15, -0.1) is 0 Å². The zero-order chi connectivity index (χ0) is 16.0. The van der Waals surface area contributed by atoms with Crippen molar-refractivity contribution in [2.45, 2.75) is 45.7 Å². The predicted molar refractivity (Wildman–Crippen MR) is 92.2 cm³/mol. The molecule has 0 fully saturated rings. The lowest BCUT2D eigenvalue weighted by atomic mass is 9.98. The number of nitrogens with zero attached hydrogens (tertiary/aromatic N) is 1. The third-order valence-corrected chi connectivity index (χ3v) is 4.00. The molecule has 0 saturated carbocycles. The minimum atomic E-state index is -0.135. The number of halogens is 1. The van der Waals surface area contributed by atoms with Gasteiger partial charge in [0.05, 0.1) is 6.04 Å². The van der Waals surface area contributed by atoms with Crippen molar-refractivity contribution in [3.05, 3.63) is 34.3 Å². The average Bonchev–Trinajstić information content (AvgIpc) is 2.41. The second-order valence-electron chi connectivity index (χ2n) is 6.10. The van der Waals surface area contributed by atoms with E-state index in [4.69, 9.17) is 0 Å². The van der Waals surface area contributed by atoms with Gasteiger partial charge in [-0.05, 0) is 36.5 Å². The first-order valence-corrected chi connectivity index (χ1v) is 8.37. The molecule has 0 aromatic heterocycles. The lowest BCUT2D eigenvalue weighted by Gasteiger charge is -2.28. The topological polar surface area (TPSA) is 32.3 Å². The van der Waals surface area contributed by atoms with Gasteiger partial charge in [0.25, 0.3) is 0 Å². The number of carbonyl (C=O) groups excluding carboxylic acids is 1. The van der Waals surface area contributed by atoms with Crippen molar-refractivity contribution in [1.82, 2.24) is 10.2 Å². The Morgan fingerprint density at radius 1 is 1.33 bits per heavy atom. The summed E-state index contributed by atoms with van der Waals surface area (Å²) in [5, 5.41) is 3.55. The highest BCUT2D eigenvalue weighted by Crippen LogP contribution is 2.22. The lowest BCUT2D eigenvalue weighted by Crippen LogP contribution is -2.45. The summed E-state index contributed by atoms with van der Waals surface area (Å²) in [6.45, 7) is 6.44. The summed E-state index contributed by atoms with van der Waals surface area (Å²) in [6.07, 6.45) is 1.80. The van der Waals surface area contributed by atoms with Crippen molar-refractivity contribution < 1.29 is 4.79 Å². The van der Waals surface area contributed by atoms with Crippen molar-refractivity contribution in [1.29, 1.82) is 0 Å². The van der Waals surface area contributed by atoms with Gasteiger partial charge in [-0.1, -0.05) is 48.8 Å². The van der Waals surface area contributed by atoms with Crippen molar-refractivity contribution in [3.8, 4) is 0 Å². The molecule has 1 aromatic rings. The van der Waals surface area contributed by atoms with Crippen LogP contribution < -0.4 is 5.32 Å². The van der Waals surface area contributed by atoms with Crippen LogP contribution in [0.25, 0.3) is 0 Å². The highest BCUT2D eigenvalue weighted by atomic mass is 79.9. The summed E-state index contributed by atoms with van der Waals surface area (Å²) in [7, 11) is 3.63. The zero-order valence-corrected chi connectivity index (χ0v) is 15.3. The molecule has 1 aromatic carbocycles. The van der Waals surface area contributed by atoms with Crippen molar-refractivity contribution >= 4 is 21.8 Å². The van der Waals surface area contributed by atoms with Crippen LogP contribution in [0.2, 0.25) is 0 Å². The Hall–Kier alpha value is -0.870. The minimum Gasteiger partial charge on any atom is -0.347 e. The SMILES string of the molecule is CCC(NC(CC(C)C)C(=O)N(C)C)c1cccc(Br)c1. The molecule has 0 aliphatic rings. The highest BCUT2D eigenvalue weighted by Gasteiger charge is 2.24. The van der Waals surface area contributed by atoms with Gasteiger partial charge in [0.2, 0.25) is 5.91 Å². The molecule has 2 atom stereocenters. The molecule has 3 nitrogen and oxygen atoms in total. The third kappa shape index (κ3) is 5.79. The van der Waals surface area contributed by atoms with Crippen molar-refractivity contribution in [3.63, 3.8) is 0 Å². The van der Waals surface area contributed by atoms with Crippen LogP contribution in [0.1, 0.15) is 45.2 Å². The third-order valence-electron chi connectivity index (χ3n) is 3.51. The van der Waals surface area contributed by atoms with Crippen LogP contribution in [-0.2, 0) is 4.79 Å². The molecule has 1 amide bonds. The number of amides is 1. The summed E-state index contributed by atoms with van der Waals surface area (Å²) in [5.74, 6) is 0.628. The van der Waals surface area contributed by atoms with Gasteiger partial charge >= 0.3 is 0 Å². The summed E-state index contributed by atoms with van der Waals surface area (Å²) in [4.78, 5) is 14.1. The van der Waals surface area contributed by atoms with E-state index in [-0.39, 0.29) is 18.0 Å². The van der Waals surface area contributed by atoms with E-state index in [1.807, 2.05) is 26.2 Å². The van der Waals surface area contributed by atoms with Crippen LogP contribution in [0.3, 0.4) is 0 Å². The van der Waals surface area contributed by atoms with Gasteiger partial charge in [-0.25, -0.2) is 0 Å². The molecule has 21 heavy (non-hydrogen) atoms. The van der Waals surface area contributed by atoms with Gasteiger partial charge in [0, 0.05) is 24.6 Å².